The minimum Gasteiger partial charge on any atom is -0.362 e. The molecule has 1 N–H and O–H groups in total. The van der Waals surface area contributed by atoms with E-state index in [1.165, 1.54) is 6.42 Å². The Morgan fingerprint density at radius 2 is 2.05 bits per heavy atom. The lowest BCUT2D eigenvalue weighted by molar-refractivity contribution is -0.161. The number of rotatable bonds is 4. The summed E-state index contributed by atoms with van der Waals surface area (Å²) in [5.74, 6) is 0.0464. The van der Waals surface area contributed by atoms with Crippen LogP contribution in [0.2, 0.25) is 0 Å². The Kier molecular flexibility index (Phi) is 4.24. The molecular formula is C18H26N2O2. The van der Waals surface area contributed by atoms with Crippen molar-refractivity contribution in [1.82, 2.24) is 10.2 Å². The minimum atomic E-state index is -0.771. The third-order valence-electron chi connectivity index (χ3n) is 5.00. The highest BCUT2D eigenvalue weighted by Crippen LogP contribution is 2.33. The van der Waals surface area contributed by atoms with E-state index in [0.717, 1.165) is 24.9 Å². The van der Waals surface area contributed by atoms with Crippen molar-refractivity contribution in [3.63, 3.8) is 0 Å². The maximum Gasteiger partial charge on any atom is 0.254 e. The summed E-state index contributed by atoms with van der Waals surface area (Å²) < 4.78 is 6.06. The molecule has 4 heteroatoms. The number of carbonyl (C=O) groups excluding carboxylic acids is 1. The van der Waals surface area contributed by atoms with E-state index in [9.17, 15) is 4.79 Å². The van der Waals surface area contributed by atoms with Gasteiger partial charge in [-0.05, 0) is 38.8 Å². The molecule has 0 aromatic heterocycles. The highest BCUT2D eigenvalue weighted by atomic mass is 16.5. The lowest BCUT2D eigenvalue weighted by Crippen LogP contribution is -2.64. The summed E-state index contributed by atoms with van der Waals surface area (Å²) in [6.45, 7) is 4.26. The van der Waals surface area contributed by atoms with E-state index in [-0.39, 0.29) is 11.4 Å². The number of hydrogen-bond acceptors (Lipinski definition) is 3. The fourth-order valence-electron chi connectivity index (χ4n) is 3.43. The van der Waals surface area contributed by atoms with E-state index in [1.807, 2.05) is 18.2 Å². The van der Waals surface area contributed by atoms with Gasteiger partial charge in [-0.25, -0.2) is 0 Å². The summed E-state index contributed by atoms with van der Waals surface area (Å²) in [6.07, 6.45) is 3.95. The van der Waals surface area contributed by atoms with Crippen LogP contribution in [-0.4, -0.2) is 48.7 Å². The fourth-order valence-corrected chi connectivity index (χ4v) is 3.43. The van der Waals surface area contributed by atoms with Crippen LogP contribution in [0.4, 0.5) is 0 Å². The maximum absolute atomic E-state index is 13.0. The van der Waals surface area contributed by atoms with Crippen molar-refractivity contribution in [2.24, 2.45) is 0 Å². The number of amides is 1. The van der Waals surface area contributed by atoms with Crippen molar-refractivity contribution in [1.29, 1.82) is 0 Å². The molecule has 0 spiro atoms. The first-order chi connectivity index (χ1) is 10.5. The normalized spacial score (nSPS) is 27.9. The van der Waals surface area contributed by atoms with Gasteiger partial charge in [-0.15, -0.1) is 0 Å². The molecule has 1 aliphatic carbocycles. The van der Waals surface area contributed by atoms with E-state index in [2.05, 4.69) is 36.3 Å². The van der Waals surface area contributed by atoms with E-state index in [1.54, 1.807) is 0 Å². The Morgan fingerprint density at radius 1 is 1.32 bits per heavy atom. The first-order valence-corrected chi connectivity index (χ1v) is 8.21. The van der Waals surface area contributed by atoms with Crippen LogP contribution >= 0.6 is 0 Å². The maximum atomic E-state index is 13.0. The molecule has 1 atom stereocenters. The minimum absolute atomic E-state index is 0.0415. The zero-order valence-corrected chi connectivity index (χ0v) is 13.6. The molecule has 1 unspecified atom stereocenters. The number of likely N-dealkylation sites (N-methyl/N-ethyl adjacent to an activating group) is 1. The molecule has 4 nitrogen and oxygen atoms in total. The second-order valence-electron chi connectivity index (χ2n) is 7.11. The zero-order valence-electron chi connectivity index (χ0n) is 13.6. The van der Waals surface area contributed by atoms with Gasteiger partial charge < -0.3 is 15.0 Å². The van der Waals surface area contributed by atoms with E-state index >= 15 is 0 Å². The molecular weight excluding hydrogens is 276 g/mol. The van der Waals surface area contributed by atoms with Crippen molar-refractivity contribution in [3.8, 4) is 0 Å². The number of benzene rings is 1. The van der Waals surface area contributed by atoms with Gasteiger partial charge in [0, 0.05) is 25.0 Å². The van der Waals surface area contributed by atoms with Crippen molar-refractivity contribution >= 4 is 5.91 Å². The Bertz CT molecular complexity index is 527. The summed E-state index contributed by atoms with van der Waals surface area (Å²) in [6, 6.07) is 10.2. The first kappa shape index (κ1) is 15.5. The molecule has 2 fully saturated rings. The van der Waals surface area contributed by atoms with Crippen LogP contribution in [0.3, 0.4) is 0 Å². The Labute approximate surface area is 132 Å². The van der Waals surface area contributed by atoms with Crippen LogP contribution in [-0.2, 0) is 16.0 Å². The molecule has 1 saturated carbocycles. The standard InChI is InChI=1S/C18H26N2O2/c1-17(9-6-10-17)19-16(21)18(14-20(2)11-12-22-18)13-15-7-4-3-5-8-15/h3-5,7-8H,6,9-14H2,1-2H3,(H,19,21). The second kappa shape index (κ2) is 6.01. The number of ether oxygens (including phenoxy) is 1. The first-order valence-electron chi connectivity index (χ1n) is 8.21. The third kappa shape index (κ3) is 3.18. The quantitative estimate of drug-likeness (QED) is 0.925. The van der Waals surface area contributed by atoms with Gasteiger partial charge in [-0.3, -0.25) is 4.79 Å². The summed E-state index contributed by atoms with van der Waals surface area (Å²) in [5.41, 5.74) is 0.333. The number of nitrogens with one attached hydrogen (secondary N) is 1. The van der Waals surface area contributed by atoms with Crippen LogP contribution in [0.1, 0.15) is 31.7 Å². The molecule has 0 radical (unpaired) electrons. The molecule has 2 aliphatic rings. The summed E-state index contributed by atoms with van der Waals surface area (Å²) in [4.78, 5) is 15.2. The van der Waals surface area contributed by atoms with Gasteiger partial charge in [0.2, 0.25) is 0 Å². The highest BCUT2D eigenvalue weighted by molar-refractivity contribution is 5.86. The van der Waals surface area contributed by atoms with Crippen molar-refractivity contribution in [2.45, 2.75) is 43.7 Å². The van der Waals surface area contributed by atoms with Crippen molar-refractivity contribution in [3.05, 3.63) is 35.9 Å². The Morgan fingerprint density at radius 3 is 2.64 bits per heavy atom. The molecule has 1 aromatic carbocycles. The Hall–Kier alpha value is -1.39. The highest BCUT2D eigenvalue weighted by Gasteiger charge is 2.46. The predicted molar refractivity (Wildman–Crippen MR) is 86.7 cm³/mol. The van der Waals surface area contributed by atoms with Gasteiger partial charge in [0.1, 0.15) is 0 Å². The average Bonchev–Trinajstić information content (AvgIpc) is 2.46. The Balaban J connectivity index is 1.80. The summed E-state index contributed by atoms with van der Waals surface area (Å²) in [7, 11) is 2.06. The van der Waals surface area contributed by atoms with E-state index < -0.39 is 5.60 Å². The fraction of sp³-hybridized carbons (Fsp3) is 0.611. The van der Waals surface area contributed by atoms with Crippen LogP contribution in [0, 0.1) is 0 Å². The van der Waals surface area contributed by atoms with E-state index in [4.69, 9.17) is 4.74 Å². The largest absolute Gasteiger partial charge is 0.362 e. The monoisotopic (exact) mass is 302 g/mol. The smallest absolute Gasteiger partial charge is 0.254 e. The van der Waals surface area contributed by atoms with Gasteiger partial charge >= 0.3 is 0 Å². The molecule has 1 saturated heterocycles. The van der Waals surface area contributed by atoms with Crippen molar-refractivity contribution in [2.75, 3.05) is 26.7 Å². The molecule has 1 heterocycles. The molecule has 3 rings (SSSR count). The molecule has 1 aromatic rings. The predicted octanol–water partition coefficient (Wildman–Crippen LogP) is 1.99. The number of hydrogen-bond donors (Lipinski definition) is 1. The van der Waals surface area contributed by atoms with Gasteiger partial charge in [0.25, 0.3) is 5.91 Å². The van der Waals surface area contributed by atoms with Gasteiger partial charge in [-0.2, -0.15) is 0 Å². The number of morpholine rings is 1. The SMILES string of the molecule is CN1CCOC(Cc2ccccc2)(C(=O)NC2(C)CCC2)C1. The van der Waals surface area contributed by atoms with Gasteiger partial charge in [-0.1, -0.05) is 30.3 Å². The molecule has 1 amide bonds. The lowest BCUT2D eigenvalue weighted by Gasteiger charge is -2.45. The second-order valence-corrected chi connectivity index (χ2v) is 7.11. The third-order valence-corrected chi connectivity index (χ3v) is 5.00. The van der Waals surface area contributed by atoms with Gasteiger partial charge in [0.15, 0.2) is 5.60 Å². The van der Waals surface area contributed by atoms with Crippen LogP contribution in [0.15, 0.2) is 30.3 Å². The van der Waals surface area contributed by atoms with Crippen LogP contribution in [0.5, 0.6) is 0 Å². The molecule has 120 valence electrons. The average molecular weight is 302 g/mol. The summed E-state index contributed by atoms with van der Waals surface area (Å²) >= 11 is 0. The van der Waals surface area contributed by atoms with Gasteiger partial charge in [0.05, 0.1) is 6.61 Å². The molecule has 0 bridgehead atoms. The molecule has 1 aliphatic heterocycles. The zero-order chi connectivity index (χ0) is 15.6. The van der Waals surface area contributed by atoms with Crippen LogP contribution < -0.4 is 5.32 Å². The summed E-state index contributed by atoms with van der Waals surface area (Å²) in [5, 5.41) is 3.25. The van der Waals surface area contributed by atoms with Crippen LogP contribution in [0.25, 0.3) is 0 Å². The topological polar surface area (TPSA) is 41.6 Å². The lowest BCUT2D eigenvalue weighted by atomic mass is 9.77. The van der Waals surface area contributed by atoms with Crippen molar-refractivity contribution < 1.29 is 9.53 Å². The molecule has 22 heavy (non-hydrogen) atoms. The number of carbonyl (C=O) groups is 1. The number of nitrogens with zero attached hydrogens (tertiary/aromatic N) is 1. The van der Waals surface area contributed by atoms with E-state index in [0.29, 0.717) is 19.6 Å².